The third-order valence-electron chi connectivity index (χ3n) is 6.40. The minimum Gasteiger partial charge on any atom is -0.508 e. The Morgan fingerprint density at radius 3 is 2.37 bits per heavy atom. The van der Waals surface area contributed by atoms with Gasteiger partial charge in [0.25, 0.3) is 0 Å². The molecule has 4 amide bonds. The fraction of sp³-hybridized carbons (Fsp3) is 0.429. The van der Waals surface area contributed by atoms with Crippen molar-refractivity contribution in [2.75, 3.05) is 13.1 Å². The quantitative estimate of drug-likeness (QED) is 0.326. The summed E-state index contributed by atoms with van der Waals surface area (Å²) in [6.45, 7) is 0.743. The van der Waals surface area contributed by atoms with Crippen LogP contribution in [0.15, 0.2) is 54.6 Å². The highest BCUT2D eigenvalue weighted by atomic mass is 16.3. The van der Waals surface area contributed by atoms with Gasteiger partial charge in [0.2, 0.25) is 23.6 Å². The second-order valence-corrected chi connectivity index (χ2v) is 9.53. The van der Waals surface area contributed by atoms with Crippen LogP contribution in [0.4, 0.5) is 0 Å². The van der Waals surface area contributed by atoms with E-state index in [1.807, 2.05) is 30.3 Å². The van der Waals surface area contributed by atoms with Gasteiger partial charge < -0.3 is 32.1 Å². The molecule has 3 rings (SSSR count). The number of nitrogens with two attached hydrogens (primary N) is 1. The van der Waals surface area contributed by atoms with Gasteiger partial charge in [0.05, 0.1) is 6.04 Å². The van der Waals surface area contributed by atoms with Crippen LogP contribution < -0.4 is 27.0 Å². The van der Waals surface area contributed by atoms with Crippen molar-refractivity contribution < 1.29 is 24.3 Å². The van der Waals surface area contributed by atoms with E-state index in [4.69, 9.17) is 5.73 Å². The number of nitrogens with one attached hydrogen (secondary N) is 4. The van der Waals surface area contributed by atoms with Gasteiger partial charge in [-0.2, -0.15) is 0 Å². The second-order valence-electron chi connectivity index (χ2n) is 9.53. The first kappa shape index (κ1) is 28.6. The molecular weight excluding hydrogens is 486 g/mol. The van der Waals surface area contributed by atoms with Crippen LogP contribution in [0.3, 0.4) is 0 Å². The maximum Gasteiger partial charge on any atom is 0.243 e. The lowest BCUT2D eigenvalue weighted by Crippen LogP contribution is -2.56. The molecule has 7 N–H and O–H groups in total. The fourth-order valence-corrected chi connectivity index (χ4v) is 4.23. The predicted molar refractivity (Wildman–Crippen MR) is 143 cm³/mol. The summed E-state index contributed by atoms with van der Waals surface area (Å²) >= 11 is 0. The molecule has 0 bridgehead atoms. The largest absolute Gasteiger partial charge is 0.508 e. The molecule has 0 aromatic heterocycles. The summed E-state index contributed by atoms with van der Waals surface area (Å²) in [5.41, 5.74) is 7.79. The lowest BCUT2D eigenvalue weighted by Gasteiger charge is -2.24. The minimum atomic E-state index is -0.914. The molecule has 0 spiro atoms. The van der Waals surface area contributed by atoms with Gasteiger partial charge in [0, 0.05) is 25.9 Å². The molecule has 10 heteroatoms. The minimum absolute atomic E-state index is 0.0946. The third-order valence-corrected chi connectivity index (χ3v) is 6.40. The summed E-state index contributed by atoms with van der Waals surface area (Å²) in [7, 11) is 0. The maximum absolute atomic E-state index is 13.4. The molecular formula is C28H37N5O5. The van der Waals surface area contributed by atoms with E-state index in [0.717, 1.165) is 11.1 Å². The molecule has 1 aliphatic heterocycles. The first-order valence-electron chi connectivity index (χ1n) is 13.0. The topological polar surface area (TPSA) is 163 Å². The Morgan fingerprint density at radius 1 is 0.921 bits per heavy atom. The molecule has 1 heterocycles. The lowest BCUT2D eigenvalue weighted by atomic mass is 10.0. The van der Waals surface area contributed by atoms with Crippen LogP contribution in [-0.4, -0.2) is 60.0 Å². The average Bonchev–Trinajstić information content (AvgIpc) is 2.91. The van der Waals surface area contributed by atoms with Crippen molar-refractivity contribution in [2.45, 2.75) is 63.1 Å². The van der Waals surface area contributed by atoms with E-state index in [-0.39, 0.29) is 31.0 Å². The number of amides is 4. The number of aromatic hydroxyl groups is 1. The summed E-state index contributed by atoms with van der Waals surface area (Å²) in [5, 5.41) is 20.8. The van der Waals surface area contributed by atoms with E-state index >= 15 is 0 Å². The summed E-state index contributed by atoms with van der Waals surface area (Å²) in [6.07, 6.45) is 2.78. The van der Waals surface area contributed by atoms with Gasteiger partial charge in [0.15, 0.2) is 0 Å². The molecule has 3 atom stereocenters. The van der Waals surface area contributed by atoms with Crippen LogP contribution in [0.25, 0.3) is 0 Å². The first-order valence-corrected chi connectivity index (χ1v) is 13.0. The number of rotatable bonds is 6. The molecule has 1 fully saturated rings. The SMILES string of the molecule is N[C@@H](Cc1ccccc1)C(=O)N[C@H]1CCCCNC(=O)CCCNC(=O)[C@H](Cc2ccc(O)cc2)NC1=O. The van der Waals surface area contributed by atoms with Crippen LogP contribution in [0, 0.1) is 0 Å². The zero-order valence-corrected chi connectivity index (χ0v) is 21.4. The number of hydrogen-bond acceptors (Lipinski definition) is 6. The van der Waals surface area contributed by atoms with Crippen molar-refractivity contribution in [3.63, 3.8) is 0 Å². The van der Waals surface area contributed by atoms with Crippen LogP contribution in [-0.2, 0) is 32.0 Å². The Kier molecular flexibility index (Phi) is 11.1. The fourth-order valence-electron chi connectivity index (χ4n) is 4.23. The van der Waals surface area contributed by atoms with E-state index in [1.54, 1.807) is 12.1 Å². The predicted octanol–water partition coefficient (Wildman–Crippen LogP) is 0.671. The number of carbonyl (C=O) groups excluding carboxylic acids is 4. The Labute approximate surface area is 222 Å². The van der Waals surface area contributed by atoms with Gasteiger partial charge in [-0.15, -0.1) is 0 Å². The van der Waals surface area contributed by atoms with Crippen molar-refractivity contribution in [1.82, 2.24) is 21.3 Å². The summed E-state index contributed by atoms with van der Waals surface area (Å²) in [5.74, 6) is -1.34. The number of phenols is 1. The van der Waals surface area contributed by atoms with Crippen LogP contribution in [0.1, 0.15) is 43.2 Å². The number of phenolic OH excluding ortho intramolecular Hbond substituents is 1. The molecule has 10 nitrogen and oxygen atoms in total. The van der Waals surface area contributed by atoms with Crippen molar-refractivity contribution in [3.05, 3.63) is 65.7 Å². The van der Waals surface area contributed by atoms with Crippen molar-refractivity contribution >= 4 is 23.6 Å². The van der Waals surface area contributed by atoms with Crippen molar-refractivity contribution in [1.29, 1.82) is 0 Å². The van der Waals surface area contributed by atoms with Gasteiger partial charge in [0.1, 0.15) is 17.8 Å². The standard InChI is InChI=1S/C28H37N5O5/c29-22(17-19-7-2-1-3-8-19)26(36)32-23-9-4-5-15-30-25(35)10-6-16-31-27(37)24(33-28(23)38)18-20-11-13-21(34)14-12-20/h1-3,7-8,11-14,22-24,34H,4-6,9-10,15-18,29H2,(H,30,35)(H,31,37)(H,32,36)(H,33,38)/t22-,23-,24-/m0/s1. The lowest BCUT2D eigenvalue weighted by molar-refractivity contribution is -0.132. The van der Waals surface area contributed by atoms with Gasteiger partial charge in [-0.3, -0.25) is 19.2 Å². The Morgan fingerprint density at radius 2 is 1.63 bits per heavy atom. The third kappa shape index (κ3) is 9.51. The maximum atomic E-state index is 13.4. The average molecular weight is 524 g/mol. The zero-order valence-electron chi connectivity index (χ0n) is 21.4. The van der Waals surface area contributed by atoms with E-state index in [9.17, 15) is 24.3 Å². The second kappa shape index (κ2) is 14.7. The highest BCUT2D eigenvalue weighted by Crippen LogP contribution is 2.12. The van der Waals surface area contributed by atoms with E-state index in [1.165, 1.54) is 12.1 Å². The highest BCUT2D eigenvalue weighted by molar-refractivity contribution is 5.93. The van der Waals surface area contributed by atoms with E-state index < -0.39 is 35.8 Å². The molecule has 0 radical (unpaired) electrons. The van der Waals surface area contributed by atoms with Crippen LogP contribution in [0.2, 0.25) is 0 Å². The smallest absolute Gasteiger partial charge is 0.243 e. The van der Waals surface area contributed by atoms with Crippen molar-refractivity contribution in [3.8, 4) is 5.75 Å². The summed E-state index contributed by atoms with van der Waals surface area (Å²) < 4.78 is 0. The molecule has 0 saturated carbocycles. The monoisotopic (exact) mass is 523 g/mol. The zero-order chi connectivity index (χ0) is 27.3. The van der Waals surface area contributed by atoms with E-state index in [2.05, 4.69) is 21.3 Å². The summed E-state index contributed by atoms with van der Waals surface area (Å²) in [6, 6.07) is 13.1. The molecule has 2 aromatic carbocycles. The van der Waals surface area contributed by atoms with Gasteiger partial charge in [-0.25, -0.2) is 0 Å². The number of hydrogen-bond donors (Lipinski definition) is 6. The normalized spacial score (nSPS) is 20.6. The Hall–Kier alpha value is -3.92. The Balaban J connectivity index is 1.74. The molecule has 204 valence electrons. The van der Waals surface area contributed by atoms with Gasteiger partial charge in [-0.05, 0) is 55.4 Å². The molecule has 38 heavy (non-hydrogen) atoms. The van der Waals surface area contributed by atoms with Gasteiger partial charge >= 0.3 is 0 Å². The first-order chi connectivity index (χ1) is 18.3. The Bertz CT molecular complexity index is 1080. The molecule has 0 aliphatic carbocycles. The number of benzene rings is 2. The number of carbonyl (C=O) groups is 4. The highest BCUT2D eigenvalue weighted by Gasteiger charge is 2.28. The molecule has 0 unspecified atom stereocenters. The molecule has 1 saturated heterocycles. The van der Waals surface area contributed by atoms with Gasteiger partial charge in [-0.1, -0.05) is 42.5 Å². The molecule has 2 aromatic rings. The van der Waals surface area contributed by atoms with Crippen molar-refractivity contribution in [2.24, 2.45) is 5.73 Å². The van der Waals surface area contributed by atoms with E-state index in [0.29, 0.717) is 38.6 Å². The molecule has 1 aliphatic rings. The summed E-state index contributed by atoms with van der Waals surface area (Å²) in [4.78, 5) is 51.3. The van der Waals surface area contributed by atoms with Crippen LogP contribution >= 0.6 is 0 Å². The van der Waals surface area contributed by atoms with Crippen LogP contribution in [0.5, 0.6) is 5.75 Å².